The molecule has 0 atom stereocenters. The van der Waals surface area contributed by atoms with Gasteiger partial charge in [-0.15, -0.1) is 0 Å². The van der Waals surface area contributed by atoms with Gasteiger partial charge in [-0.25, -0.2) is 19.9 Å². The van der Waals surface area contributed by atoms with Crippen molar-refractivity contribution in [1.29, 1.82) is 0 Å². The molecule has 60 heavy (non-hydrogen) atoms. The van der Waals surface area contributed by atoms with Crippen LogP contribution in [0.4, 0.5) is 0 Å². The summed E-state index contributed by atoms with van der Waals surface area (Å²) in [4.78, 5) is 21.3. The molecule has 3 heterocycles. The Kier molecular flexibility index (Phi) is 9.45. The summed E-state index contributed by atoms with van der Waals surface area (Å²) < 4.78 is 4.54. The maximum absolute atomic E-state index is 5.33. The minimum absolute atomic E-state index is 0.435. The van der Waals surface area contributed by atoms with E-state index in [2.05, 4.69) is 188 Å². The summed E-state index contributed by atoms with van der Waals surface area (Å²) in [7, 11) is 0. The van der Waals surface area contributed by atoms with Crippen LogP contribution in [-0.4, -0.2) is 29.1 Å². The lowest BCUT2D eigenvalue weighted by Gasteiger charge is -2.16. The van der Waals surface area contributed by atoms with Gasteiger partial charge in [0.2, 0.25) is 0 Å². The van der Waals surface area contributed by atoms with Crippen molar-refractivity contribution < 1.29 is 0 Å². The molecule has 290 valence electrons. The molecule has 0 unspecified atom stereocenters. The van der Waals surface area contributed by atoms with Crippen molar-refractivity contribution >= 4 is 22.1 Å². The van der Waals surface area contributed by atoms with Gasteiger partial charge in [0.05, 0.1) is 33.5 Å². The standard InChI is InChI=1S/C54H44N6/c1-35(2)37-26-30-40(31-27-37)59-50-24-14-12-22-46(50)57-53(59)44-20-10-8-18-42(44)48-34-49(56-52(55-48)39-16-6-5-7-17-39)43-19-9-11-21-45(43)54-58-47-23-13-15-25-51(47)60(54)41-32-28-38(29-33-41)36(3)4/h5-36H,1-4H3. The van der Waals surface area contributed by atoms with Crippen molar-refractivity contribution in [2.45, 2.75) is 39.5 Å². The maximum Gasteiger partial charge on any atom is 0.160 e. The zero-order chi connectivity index (χ0) is 40.7. The summed E-state index contributed by atoms with van der Waals surface area (Å²) in [6.45, 7) is 8.90. The molecule has 10 aromatic rings. The summed E-state index contributed by atoms with van der Waals surface area (Å²) in [6, 6.07) is 63.7. The van der Waals surface area contributed by atoms with Gasteiger partial charge in [-0.3, -0.25) is 9.13 Å². The Morgan fingerprint density at radius 2 is 0.750 bits per heavy atom. The normalized spacial score (nSPS) is 11.6. The lowest BCUT2D eigenvalue weighted by Crippen LogP contribution is -2.02. The van der Waals surface area contributed by atoms with E-state index >= 15 is 0 Å². The largest absolute Gasteiger partial charge is 0.292 e. The van der Waals surface area contributed by atoms with Crippen LogP contribution in [0.2, 0.25) is 0 Å². The third-order valence-corrected chi connectivity index (χ3v) is 11.4. The van der Waals surface area contributed by atoms with Crippen LogP contribution in [0.5, 0.6) is 0 Å². The van der Waals surface area contributed by atoms with Crippen LogP contribution >= 0.6 is 0 Å². The van der Waals surface area contributed by atoms with Gasteiger partial charge in [0.15, 0.2) is 5.82 Å². The number of aromatic nitrogens is 6. The average molecular weight is 777 g/mol. The molecule has 0 N–H and O–H groups in total. The summed E-state index contributed by atoms with van der Waals surface area (Å²) in [5.74, 6) is 3.21. The Hall–Kier alpha value is -7.44. The highest BCUT2D eigenvalue weighted by atomic mass is 15.1. The van der Waals surface area contributed by atoms with Gasteiger partial charge < -0.3 is 0 Å². The Morgan fingerprint density at radius 3 is 1.18 bits per heavy atom. The van der Waals surface area contributed by atoms with E-state index in [4.69, 9.17) is 19.9 Å². The average Bonchev–Trinajstić information content (AvgIpc) is 3.89. The second-order valence-corrected chi connectivity index (χ2v) is 15.9. The summed E-state index contributed by atoms with van der Waals surface area (Å²) >= 11 is 0. The lowest BCUT2D eigenvalue weighted by molar-refractivity contribution is 0.865. The van der Waals surface area contributed by atoms with Crippen LogP contribution in [-0.2, 0) is 0 Å². The number of rotatable bonds is 9. The van der Waals surface area contributed by atoms with E-state index in [1.807, 2.05) is 30.3 Å². The van der Waals surface area contributed by atoms with E-state index < -0.39 is 0 Å². The van der Waals surface area contributed by atoms with E-state index in [-0.39, 0.29) is 0 Å². The third-order valence-electron chi connectivity index (χ3n) is 11.4. The van der Waals surface area contributed by atoms with Crippen LogP contribution in [0.15, 0.2) is 182 Å². The fraction of sp³-hybridized carbons (Fsp3) is 0.111. The van der Waals surface area contributed by atoms with Gasteiger partial charge >= 0.3 is 0 Å². The SMILES string of the molecule is CC(C)c1ccc(-n2c(-c3ccccc3-c3cc(-c4ccccc4-c4nc5ccccc5n4-c4ccc(C(C)C)cc4)nc(-c4ccccc4)n3)nc3ccccc32)cc1. The first-order valence-electron chi connectivity index (χ1n) is 20.7. The van der Waals surface area contributed by atoms with Crippen LogP contribution < -0.4 is 0 Å². The van der Waals surface area contributed by atoms with Gasteiger partial charge in [-0.2, -0.15) is 0 Å². The van der Waals surface area contributed by atoms with E-state index in [1.54, 1.807) is 0 Å². The highest BCUT2D eigenvalue weighted by molar-refractivity contribution is 5.91. The van der Waals surface area contributed by atoms with Gasteiger partial charge in [-0.1, -0.05) is 155 Å². The molecule has 7 aromatic carbocycles. The molecule has 10 rings (SSSR count). The van der Waals surface area contributed by atoms with Gasteiger partial charge in [0, 0.05) is 39.2 Å². The number of imidazole rings is 2. The first-order valence-corrected chi connectivity index (χ1v) is 20.7. The van der Waals surface area contributed by atoms with Crippen LogP contribution in [0.1, 0.15) is 50.7 Å². The minimum Gasteiger partial charge on any atom is -0.292 e. The smallest absolute Gasteiger partial charge is 0.160 e. The molecule has 6 heteroatoms. The number of para-hydroxylation sites is 4. The molecule has 0 bridgehead atoms. The molecule has 0 fully saturated rings. The zero-order valence-corrected chi connectivity index (χ0v) is 34.2. The number of fused-ring (bicyclic) bond motifs is 2. The predicted octanol–water partition coefficient (Wildman–Crippen LogP) is 13.7. The fourth-order valence-corrected chi connectivity index (χ4v) is 8.20. The van der Waals surface area contributed by atoms with Crippen molar-refractivity contribution in [3.63, 3.8) is 0 Å². The molecule has 0 aliphatic heterocycles. The van der Waals surface area contributed by atoms with Crippen molar-refractivity contribution in [2.24, 2.45) is 0 Å². The Labute approximate surface area is 350 Å². The molecule has 0 saturated heterocycles. The number of hydrogen-bond acceptors (Lipinski definition) is 4. The van der Waals surface area contributed by atoms with Crippen LogP contribution in [0.3, 0.4) is 0 Å². The van der Waals surface area contributed by atoms with Gasteiger partial charge in [0.1, 0.15) is 11.6 Å². The van der Waals surface area contributed by atoms with E-state index in [0.29, 0.717) is 17.7 Å². The molecule has 0 saturated carbocycles. The van der Waals surface area contributed by atoms with Crippen LogP contribution in [0, 0.1) is 0 Å². The molecule has 6 nitrogen and oxygen atoms in total. The molecular weight excluding hydrogens is 733 g/mol. The lowest BCUT2D eigenvalue weighted by atomic mass is 9.98. The molecule has 0 aliphatic rings. The fourth-order valence-electron chi connectivity index (χ4n) is 8.20. The number of nitrogens with zero attached hydrogens (tertiary/aromatic N) is 6. The maximum atomic E-state index is 5.33. The topological polar surface area (TPSA) is 61.4 Å². The van der Waals surface area contributed by atoms with Crippen molar-refractivity contribution in [2.75, 3.05) is 0 Å². The van der Waals surface area contributed by atoms with E-state index in [1.165, 1.54) is 11.1 Å². The molecule has 0 aliphatic carbocycles. The zero-order valence-electron chi connectivity index (χ0n) is 34.2. The Morgan fingerprint density at radius 1 is 0.367 bits per heavy atom. The van der Waals surface area contributed by atoms with E-state index in [0.717, 1.165) is 84.3 Å². The third kappa shape index (κ3) is 6.66. The summed E-state index contributed by atoms with van der Waals surface area (Å²) in [5, 5.41) is 0. The number of benzene rings is 7. The first kappa shape index (κ1) is 36.9. The summed E-state index contributed by atoms with van der Waals surface area (Å²) in [5.41, 5.74) is 15.1. The molecule has 0 amide bonds. The quantitative estimate of drug-likeness (QED) is 0.146. The van der Waals surface area contributed by atoms with Crippen molar-refractivity contribution in [1.82, 2.24) is 29.1 Å². The molecule has 0 radical (unpaired) electrons. The minimum atomic E-state index is 0.435. The monoisotopic (exact) mass is 776 g/mol. The molecule has 0 spiro atoms. The number of hydrogen-bond donors (Lipinski definition) is 0. The molecular formula is C54H44N6. The Bertz CT molecular complexity index is 2950. The van der Waals surface area contributed by atoms with Crippen molar-refractivity contribution in [3.8, 4) is 68.1 Å². The van der Waals surface area contributed by atoms with Crippen LogP contribution in [0.25, 0.3) is 90.1 Å². The molecule has 3 aromatic heterocycles. The second kappa shape index (κ2) is 15.4. The van der Waals surface area contributed by atoms with Crippen molar-refractivity contribution in [3.05, 3.63) is 193 Å². The van der Waals surface area contributed by atoms with E-state index in [9.17, 15) is 0 Å². The van der Waals surface area contributed by atoms with Gasteiger partial charge in [0.25, 0.3) is 0 Å². The summed E-state index contributed by atoms with van der Waals surface area (Å²) in [6.07, 6.45) is 0. The van der Waals surface area contributed by atoms with Gasteiger partial charge in [-0.05, 0) is 77.6 Å². The second-order valence-electron chi connectivity index (χ2n) is 15.9. The first-order chi connectivity index (χ1) is 29.4. The highest BCUT2D eigenvalue weighted by Gasteiger charge is 2.23. The Balaban J connectivity index is 1.19. The highest BCUT2D eigenvalue weighted by Crippen LogP contribution is 2.40. The predicted molar refractivity (Wildman–Crippen MR) is 247 cm³/mol.